The average molecular weight is 407 g/mol. The van der Waals surface area contributed by atoms with Crippen molar-refractivity contribution in [3.8, 4) is 0 Å². The third kappa shape index (κ3) is 2.60. The average Bonchev–Trinajstić information content (AvgIpc) is 3.37. The van der Waals surface area contributed by atoms with Crippen LogP contribution in [0.1, 0.15) is 69.4 Å². The van der Waals surface area contributed by atoms with E-state index in [2.05, 4.69) is 74.6 Å². The second kappa shape index (κ2) is 6.47. The van der Waals surface area contributed by atoms with Crippen molar-refractivity contribution in [1.82, 2.24) is 0 Å². The van der Waals surface area contributed by atoms with Crippen molar-refractivity contribution >= 4 is 5.57 Å². The zero-order valence-electron chi connectivity index (χ0n) is 19.0. The molecule has 0 nitrogen and oxygen atoms in total. The number of hydrogen-bond donors (Lipinski definition) is 0. The van der Waals surface area contributed by atoms with Crippen LogP contribution in [0.4, 0.5) is 0 Å². The van der Waals surface area contributed by atoms with Crippen molar-refractivity contribution < 1.29 is 0 Å². The van der Waals surface area contributed by atoms with E-state index in [1.54, 1.807) is 23.1 Å². The molecule has 8 rings (SSSR count). The van der Waals surface area contributed by atoms with Crippen molar-refractivity contribution in [3.63, 3.8) is 0 Å². The number of hydrogen-bond acceptors (Lipinski definition) is 0. The third-order valence-corrected chi connectivity index (χ3v) is 9.78. The Morgan fingerprint density at radius 1 is 0.871 bits per heavy atom. The maximum Gasteiger partial charge on any atom is 0.0281 e. The van der Waals surface area contributed by atoms with Gasteiger partial charge in [-0.1, -0.05) is 80.1 Å². The zero-order valence-corrected chi connectivity index (χ0v) is 19.0. The number of allylic oxidation sites excluding steroid dienone is 10. The van der Waals surface area contributed by atoms with Crippen molar-refractivity contribution in [3.05, 3.63) is 88.6 Å². The van der Waals surface area contributed by atoms with E-state index in [1.165, 1.54) is 48.8 Å². The van der Waals surface area contributed by atoms with Crippen LogP contribution >= 0.6 is 0 Å². The van der Waals surface area contributed by atoms with Gasteiger partial charge in [-0.2, -0.15) is 0 Å². The fourth-order valence-electron chi connectivity index (χ4n) is 8.79. The summed E-state index contributed by atoms with van der Waals surface area (Å²) in [7, 11) is 0. The first-order valence-electron chi connectivity index (χ1n) is 12.7. The molecule has 0 heterocycles. The van der Waals surface area contributed by atoms with Gasteiger partial charge < -0.3 is 0 Å². The Kier molecular flexibility index (Phi) is 3.86. The van der Waals surface area contributed by atoms with Crippen LogP contribution in [0.3, 0.4) is 0 Å². The molecular formula is C31H34. The van der Waals surface area contributed by atoms with E-state index < -0.39 is 0 Å². The second-order valence-corrected chi connectivity index (χ2v) is 11.8. The molecule has 0 amide bonds. The summed E-state index contributed by atoms with van der Waals surface area (Å²) in [6.45, 7) is 4.95. The Balaban J connectivity index is 1.26. The lowest BCUT2D eigenvalue weighted by atomic mass is 9.50. The summed E-state index contributed by atoms with van der Waals surface area (Å²) in [5, 5.41) is 0. The van der Waals surface area contributed by atoms with Gasteiger partial charge in [0.1, 0.15) is 0 Å². The van der Waals surface area contributed by atoms with Crippen LogP contribution in [0.25, 0.3) is 5.57 Å². The topological polar surface area (TPSA) is 0 Å². The molecule has 0 radical (unpaired) electrons. The number of benzene rings is 1. The molecule has 158 valence electrons. The Hall–Kier alpha value is -2.08. The van der Waals surface area contributed by atoms with E-state index in [-0.39, 0.29) is 5.41 Å². The second-order valence-electron chi connectivity index (χ2n) is 11.8. The highest BCUT2D eigenvalue weighted by atomic mass is 14.5. The van der Waals surface area contributed by atoms with Gasteiger partial charge in [-0.05, 0) is 96.0 Å². The summed E-state index contributed by atoms with van der Waals surface area (Å²) in [5.74, 6) is 5.43. The van der Waals surface area contributed by atoms with Gasteiger partial charge in [0.15, 0.2) is 0 Å². The summed E-state index contributed by atoms with van der Waals surface area (Å²) in [5.41, 5.74) is 9.44. The molecular weight excluding hydrogens is 372 g/mol. The first kappa shape index (κ1) is 18.5. The van der Waals surface area contributed by atoms with Crippen LogP contribution in [0.15, 0.2) is 77.4 Å². The van der Waals surface area contributed by atoms with Gasteiger partial charge in [0.25, 0.3) is 0 Å². The lowest BCUT2D eigenvalue weighted by Crippen LogP contribution is -2.45. The maximum atomic E-state index is 2.67. The Morgan fingerprint density at radius 2 is 1.61 bits per heavy atom. The van der Waals surface area contributed by atoms with Crippen LogP contribution in [0, 0.1) is 35.0 Å². The predicted octanol–water partition coefficient (Wildman–Crippen LogP) is 8.02. The quantitative estimate of drug-likeness (QED) is 0.477. The molecule has 4 fully saturated rings. The highest BCUT2D eigenvalue weighted by molar-refractivity contribution is 5.87. The molecule has 4 saturated carbocycles. The fourth-order valence-corrected chi connectivity index (χ4v) is 8.79. The van der Waals surface area contributed by atoms with Gasteiger partial charge in [-0.25, -0.2) is 0 Å². The summed E-state index contributed by atoms with van der Waals surface area (Å²) in [6.07, 6.45) is 23.3. The molecule has 0 aliphatic heterocycles. The Labute approximate surface area is 187 Å². The minimum atomic E-state index is 0.0450. The molecule has 0 aromatic heterocycles. The van der Waals surface area contributed by atoms with Crippen molar-refractivity contribution in [2.24, 2.45) is 35.0 Å². The summed E-state index contributed by atoms with van der Waals surface area (Å²) >= 11 is 0. The Morgan fingerprint density at radius 3 is 2.39 bits per heavy atom. The summed E-state index contributed by atoms with van der Waals surface area (Å²) in [6, 6.07) is 9.12. The van der Waals surface area contributed by atoms with Crippen LogP contribution in [0.2, 0.25) is 0 Å². The predicted molar refractivity (Wildman–Crippen MR) is 129 cm³/mol. The maximum absolute atomic E-state index is 2.67. The van der Waals surface area contributed by atoms with Crippen LogP contribution < -0.4 is 0 Å². The van der Waals surface area contributed by atoms with Gasteiger partial charge in [0.05, 0.1) is 0 Å². The minimum Gasteiger partial charge on any atom is -0.0763 e. The SMILES string of the molecule is CC(C)(C1=CCC(C2C3CC4CC(C3)CC2C4)=C1)C1=C2C=CC=CC2c2ccccc21. The van der Waals surface area contributed by atoms with Crippen molar-refractivity contribution in [2.75, 3.05) is 0 Å². The molecule has 0 heteroatoms. The summed E-state index contributed by atoms with van der Waals surface area (Å²) in [4.78, 5) is 0. The molecule has 4 bridgehead atoms. The van der Waals surface area contributed by atoms with Gasteiger partial charge >= 0.3 is 0 Å². The lowest BCUT2D eigenvalue weighted by molar-refractivity contribution is -0.0213. The molecule has 7 aliphatic carbocycles. The molecule has 0 spiro atoms. The van der Waals surface area contributed by atoms with Crippen LogP contribution in [0.5, 0.6) is 0 Å². The van der Waals surface area contributed by atoms with Crippen molar-refractivity contribution in [2.45, 2.75) is 58.3 Å². The third-order valence-electron chi connectivity index (χ3n) is 9.78. The van der Waals surface area contributed by atoms with Crippen LogP contribution in [-0.4, -0.2) is 0 Å². The monoisotopic (exact) mass is 406 g/mol. The molecule has 0 N–H and O–H groups in total. The van der Waals surface area contributed by atoms with E-state index in [0.29, 0.717) is 5.92 Å². The van der Waals surface area contributed by atoms with E-state index >= 15 is 0 Å². The molecule has 7 aliphatic rings. The number of rotatable bonds is 3. The van der Waals surface area contributed by atoms with Crippen LogP contribution in [-0.2, 0) is 0 Å². The molecule has 1 aromatic rings. The first-order valence-corrected chi connectivity index (χ1v) is 12.7. The molecule has 0 saturated heterocycles. The van der Waals surface area contributed by atoms with Crippen molar-refractivity contribution in [1.29, 1.82) is 0 Å². The minimum absolute atomic E-state index is 0.0450. The normalized spacial score (nSPS) is 37.2. The van der Waals surface area contributed by atoms with E-state index in [4.69, 9.17) is 0 Å². The first-order chi connectivity index (χ1) is 15.1. The molecule has 1 aromatic carbocycles. The highest BCUT2D eigenvalue weighted by Gasteiger charge is 2.49. The van der Waals surface area contributed by atoms with E-state index in [1.807, 2.05) is 0 Å². The van der Waals surface area contributed by atoms with Gasteiger partial charge in [-0.3, -0.25) is 0 Å². The van der Waals surface area contributed by atoms with E-state index in [9.17, 15) is 0 Å². The molecule has 1 atom stereocenters. The van der Waals surface area contributed by atoms with Gasteiger partial charge in [0, 0.05) is 11.3 Å². The molecule has 31 heavy (non-hydrogen) atoms. The smallest absolute Gasteiger partial charge is 0.0281 e. The van der Waals surface area contributed by atoms with Gasteiger partial charge in [0.2, 0.25) is 0 Å². The molecule has 1 unspecified atom stereocenters. The highest BCUT2D eigenvalue weighted by Crippen LogP contribution is 2.60. The van der Waals surface area contributed by atoms with E-state index in [0.717, 1.165) is 29.6 Å². The fraction of sp³-hybridized carbons (Fsp3) is 0.484. The number of fused-ring (bicyclic) bond motifs is 3. The standard InChI is InChI=1S/C31H34/c1-31(2,30-27-9-5-3-7-25(27)26-8-4-6-10-28(26)30)24-12-11-21(18-24)29-22-14-19-13-20(16-22)17-23(29)15-19/h3-10,12,18-20,22-23,25,29H,11,13-17H2,1-2H3. The zero-order chi connectivity index (χ0) is 20.7. The van der Waals surface area contributed by atoms with Gasteiger partial charge in [-0.15, -0.1) is 0 Å². The Bertz CT molecular complexity index is 1070. The largest absolute Gasteiger partial charge is 0.0763 e. The lowest BCUT2D eigenvalue weighted by Gasteiger charge is -2.55. The summed E-state index contributed by atoms with van der Waals surface area (Å²) < 4.78 is 0.